The number of nitro benzene ring substituents is 1. The van der Waals surface area contributed by atoms with E-state index >= 15 is 0 Å². The Kier molecular flexibility index (Phi) is 5.11. The highest BCUT2D eigenvalue weighted by Gasteiger charge is 2.05. The molecule has 2 aromatic rings. The topological polar surface area (TPSA) is 70.8 Å². The third-order valence-electron chi connectivity index (χ3n) is 2.64. The van der Waals surface area contributed by atoms with E-state index < -0.39 is 4.92 Å². The van der Waals surface area contributed by atoms with Crippen LogP contribution in [0.4, 0.5) is 5.69 Å². The summed E-state index contributed by atoms with van der Waals surface area (Å²) in [6.45, 7) is 0.963. The van der Waals surface area contributed by atoms with E-state index in [1.54, 1.807) is 31.4 Å². The van der Waals surface area contributed by atoms with Crippen LogP contribution in [0.5, 0.6) is 17.2 Å². The van der Waals surface area contributed by atoms with Gasteiger partial charge < -0.3 is 14.2 Å². The summed E-state index contributed by atoms with van der Waals surface area (Å²) in [4.78, 5) is 10.1. The predicted molar refractivity (Wildman–Crippen MR) is 77.0 cm³/mol. The zero-order valence-electron chi connectivity index (χ0n) is 11.5. The molecule has 21 heavy (non-hydrogen) atoms. The summed E-state index contributed by atoms with van der Waals surface area (Å²) >= 11 is 0. The lowest BCUT2D eigenvalue weighted by Gasteiger charge is -2.09. The summed E-state index contributed by atoms with van der Waals surface area (Å²) in [7, 11) is 1.61. The molecule has 110 valence electrons. The van der Waals surface area contributed by atoms with Crippen LogP contribution in [0.15, 0.2) is 48.5 Å². The van der Waals surface area contributed by atoms with Crippen LogP contribution in [0.3, 0.4) is 0 Å². The summed E-state index contributed by atoms with van der Waals surface area (Å²) in [6.07, 6.45) is 0. The van der Waals surface area contributed by atoms with Crippen LogP contribution in [0.25, 0.3) is 0 Å². The normalized spacial score (nSPS) is 10.1. The second kappa shape index (κ2) is 7.25. The van der Waals surface area contributed by atoms with Gasteiger partial charge in [-0.3, -0.25) is 10.1 Å². The van der Waals surface area contributed by atoms with Gasteiger partial charge in [0.15, 0.2) is 0 Å². The maximum atomic E-state index is 10.6. The van der Waals surface area contributed by atoms with Crippen molar-refractivity contribution < 1.29 is 19.1 Å². The van der Waals surface area contributed by atoms with Crippen molar-refractivity contribution in [1.29, 1.82) is 0 Å². The SMILES string of the molecule is COCCOc1cccc(Oc2ccc([N+](=O)[O-])cc2)c1. The number of hydrogen-bond donors (Lipinski definition) is 0. The third kappa shape index (κ3) is 4.47. The second-order valence-corrected chi connectivity index (χ2v) is 4.17. The molecule has 0 N–H and O–H groups in total. The van der Waals surface area contributed by atoms with Crippen molar-refractivity contribution in [3.05, 3.63) is 58.6 Å². The van der Waals surface area contributed by atoms with E-state index in [0.717, 1.165) is 0 Å². The van der Waals surface area contributed by atoms with E-state index in [4.69, 9.17) is 14.2 Å². The fourth-order valence-corrected chi connectivity index (χ4v) is 1.64. The summed E-state index contributed by atoms with van der Waals surface area (Å²) in [5.41, 5.74) is 0.0269. The fraction of sp³-hybridized carbons (Fsp3) is 0.200. The van der Waals surface area contributed by atoms with E-state index in [1.165, 1.54) is 12.1 Å². The molecule has 0 saturated heterocycles. The molecule has 0 saturated carbocycles. The third-order valence-corrected chi connectivity index (χ3v) is 2.64. The number of rotatable bonds is 7. The number of benzene rings is 2. The fourth-order valence-electron chi connectivity index (χ4n) is 1.64. The minimum atomic E-state index is -0.450. The highest BCUT2D eigenvalue weighted by Crippen LogP contribution is 2.26. The van der Waals surface area contributed by atoms with Gasteiger partial charge in [-0.25, -0.2) is 0 Å². The smallest absolute Gasteiger partial charge is 0.269 e. The van der Waals surface area contributed by atoms with E-state index in [9.17, 15) is 10.1 Å². The highest BCUT2D eigenvalue weighted by molar-refractivity contribution is 5.40. The van der Waals surface area contributed by atoms with Gasteiger partial charge in [0.25, 0.3) is 5.69 Å². The second-order valence-electron chi connectivity index (χ2n) is 4.17. The van der Waals surface area contributed by atoms with E-state index in [-0.39, 0.29) is 5.69 Å². The number of non-ortho nitro benzene ring substituents is 1. The van der Waals surface area contributed by atoms with Crippen LogP contribution < -0.4 is 9.47 Å². The van der Waals surface area contributed by atoms with Crippen LogP contribution in [0.1, 0.15) is 0 Å². The van der Waals surface area contributed by atoms with Gasteiger partial charge >= 0.3 is 0 Å². The molecule has 0 fully saturated rings. The van der Waals surface area contributed by atoms with Gasteiger partial charge in [0, 0.05) is 25.3 Å². The van der Waals surface area contributed by atoms with Gasteiger partial charge in [0.1, 0.15) is 23.9 Å². The van der Waals surface area contributed by atoms with Crippen molar-refractivity contribution in [2.24, 2.45) is 0 Å². The Balaban J connectivity index is 2.01. The van der Waals surface area contributed by atoms with Crippen LogP contribution in [0, 0.1) is 10.1 Å². The molecule has 6 heteroatoms. The van der Waals surface area contributed by atoms with Gasteiger partial charge in [-0.15, -0.1) is 0 Å². The molecule has 0 aliphatic rings. The van der Waals surface area contributed by atoms with Gasteiger partial charge in [0.05, 0.1) is 11.5 Å². The van der Waals surface area contributed by atoms with E-state index in [2.05, 4.69) is 0 Å². The molecule has 0 spiro atoms. The van der Waals surface area contributed by atoms with Crippen LogP contribution in [-0.2, 0) is 4.74 Å². The first-order valence-corrected chi connectivity index (χ1v) is 6.33. The Labute approximate surface area is 122 Å². The van der Waals surface area contributed by atoms with Gasteiger partial charge in [-0.05, 0) is 24.3 Å². The molecule has 0 atom stereocenters. The number of ether oxygens (including phenoxy) is 3. The summed E-state index contributed by atoms with van der Waals surface area (Å²) in [5.74, 6) is 1.79. The van der Waals surface area contributed by atoms with Crippen molar-refractivity contribution >= 4 is 5.69 Å². The molecule has 6 nitrogen and oxygen atoms in total. The Morgan fingerprint density at radius 3 is 2.38 bits per heavy atom. The van der Waals surface area contributed by atoms with Gasteiger partial charge in [-0.1, -0.05) is 6.07 Å². The van der Waals surface area contributed by atoms with Crippen molar-refractivity contribution in [2.45, 2.75) is 0 Å². The maximum absolute atomic E-state index is 10.6. The average Bonchev–Trinajstić information content (AvgIpc) is 2.48. The summed E-state index contributed by atoms with van der Waals surface area (Å²) < 4.78 is 16.0. The first-order valence-electron chi connectivity index (χ1n) is 6.33. The molecule has 2 rings (SSSR count). The average molecular weight is 289 g/mol. The summed E-state index contributed by atoms with van der Waals surface area (Å²) in [5, 5.41) is 10.6. The molecule has 0 heterocycles. The lowest BCUT2D eigenvalue weighted by atomic mass is 10.3. The number of methoxy groups -OCH3 is 1. The monoisotopic (exact) mass is 289 g/mol. The van der Waals surface area contributed by atoms with E-state index in [1.807, 2.05) is 12.1 Å². The van der Waals surface area contributed by atoms with Gasteiger partial charge in [0.2, 0.25) is 0 Å². The minimum Gasteiger partial charge on any atom is -0.491 e. The molecule has 0 amide bonds. The molecule has 0 unspecified atom stereocenters. The number of nitrogens with zero attached hydrogens (tertiary/aromatic N) is 1. The first kappa shape index (κ1) is 14.8. The first-order chi connectivity index (χ1) is 10.2. The number of nitro groups is 1. The lowest BCUT2D eigenvalue weighted by molar-refractivity contribution is -0.384. The standard InChI is InChI=1S/C15H15NO5/c1-19-9-10-20-14-3-2-4-15(11-14)21-13-7-5-12(6-8-13)16(17)18/h2-8,11H,9-10H2,1H3. The summed E-state index contributed by atoms with van der Waals surface area (Å²) in [6, 6.07) is 13.1. The molecule has 0 bridgehead atoms. The molecule has 0 radical (unpaired) electrons. The molecule has 0 aliphatic heterocycles. The van der Waals surface area contributed by atoms with Crippen LogP contribution in [0.2, 0.25) is 0 Å². The quantitative estimate of drug-likeness (QED) is 0.444. The molecule has 0 aromatic heterocycles. The highest BCUT2D eigenvalue weighted by atomic mass is 16.6. The molecule has 0 aliphatic carbocycles. The van der Waals surface area contributed by atoms with Crippen LogP contribution in [-0.4, -0.2) is 25.2 Å². The van der Waals surface area contributed by atoms with Crippen LogP contribution >= 0.6 is 0 Å². The maximum Gasteiger partial charge on any atom is 0.269 e. The molecular weight excluding hydrogens is 274 g/mol. The van der Waals surface area contributed by atoms with Crippen molar-refractivity contribution in [1.82, 2.24) is 0 Å². The Hall–Kier alpha value is -2.60. The van der Waals surface area contributed by atoms with Gasteiger partial charge in [-0.2, -0.15) is 0 Å². The Bertz CT molecular complexity index is 597. The zero-order valence-corrected chi connectivity index (χ0v) is 11.5. The molecular formula is C15H15NO5. The predicted octanol–water partition coefficient (Wildman–Crippen LogP) is 3.41. The van der Waals surface area contributed by atoms with Crippen molar-refractivity contribution in [3.8, 4) is 17.2 Å². The van der Waals surface area contributed by atoms with Crippen molar-refractivity contribution in [2.75, 3.05) is 20.3 Å². The zero-order chi connectivity index (χ0) is 15.1. The largest absolute Gasteiger partial charge is 0.491 e. The molecule has 2 aromatic carbocycles. The number of hydrogen-bond acceptors (Lipinski definition) is 5. The van der Waals surface area contributed by atoms with E-state index in [0.29, 0.717) is 30.5 Å². The van der Waals surface area contributed by atoms with Crippen molar-refractivity contribution in [3.63, 3.8) is 0 Å². The Morgan fingerprint density at radius 2 is 1.71 bits per heavy atom. The Morgan fingerprint density at radius 1 is 1.00 bits per heavy atom. The lowest BCUT2D eigenvalue weighted by Crippen LogP contribution is -2.04. The minimum absolute atomic E-state index is 0.0269.